The van der Waals surface area contributed by atoms with Crippen LogP contribution >= 0.6 is 11.6 Å². The first-order chi connectivity index (χ1) is 17.3. The third-order valence-corrected chi connectivity index (χ3v) is 6.55. The molecule has 0 radical (unpaired) electrons. The monoisotopic (exact) mass is 512 g/mol. The molecule has 0 unspecified atom stereocenters. The van der Waals surface area contributed by atoms with Gasteiger partial charge in [0.25, 0.3) is 0 Å². The van der Waals surface area contributed by atoms with Crippen molar-refractivity contribution in [3.8, 4) is 11.4 Å². The van der Waals surface area contributed by atoms with Crippen molar-refractivity contribution in [2.45, 2.75) is 26.5 Å². The van der Waals surface area contributed by atoms with Crippen molar-refractivity contribution in [3.05, 3.63) is 82.3 Å². The number of hydrogen-bond donors (Lipinski definition) is 0. The second-order valence-corrected chi connectivity index (χ2v) is 9.01. The highest BCUT2D eigenvalue weighted by Gasteiger charge is 2.27. The van der Waals surface area contributed by atoms with Gasteiger partial charge in [0.1, 0.15) is 30.3 Å². The molecule has 1 aliphatic rings. The number of morpholine rings is 1. The van der Waals surface area contributed by atoms with Crippen molar-refractivity contribution in [3.63, 3.8) is 0 Å². The maximum Gasteiger partial charge on any atom is 0.249 e. The van der Waals surface area contributed by atoms with E-state index in [1.165, 1.54) is 23.0 Å². The third kappa shape index (κ3) is 4.64. The molecule has 36 heavy (non-hydrogen) atoms. The summed E-state index contributed by atoms with van der Waals surface area (Å²) in [5, 5.41) is 5.01. The summed E-state index contributed by atoms with van der Waals surface area (Å²) in [4.78, 5) is 18.7. The summed E-state index contributed by atoms with van der Waals surface area (Å²) in [7, 11) is 0. The lowest BCUT2D eigenvalue weighted by atomic mass is 9.99. The number of ether oxygens (including phenoxy) is 2. The Morgan fingerprint density at radius 3 is 2.81 bits per heavy atom. The number of carbonyl (C=O) groups is 1. The minimum absolute atomic E-state index is 0.0112. The molecule has 0 spiro atoms. The fourth-order valence-electron chi connectivity index (χ4n) is 4.47. The minimum Gasteiger partial charge on any atom is -0.487 e. The molecule has 0 bridgehead atoms. The van der Waals surface area contributed by atoms with Gasteiger partial charge >= 0.3 is 0 Å². The van der Waals surface area contributed by atoms with Crippen LogP contribution < -0.4 is 4.74 Å². The lowest BCUT2D eigenvalue weighted by Gasteiger charge is -2.33. The quantitative estimate of drug-likeness (QED) is 0.357. The number of benzene rings is 2. The van der Waals surface area contributed by atoms with Gasteiger partial charge in [-0.2, -0.15) is 5.10 Å². The second-order valence-electron chi connectivity index (χ2n) is 8.60. The lowest BCUT2D eigenvalue weighted by molar-refractivity contribution is -0.145. The van der Waals surface area contributed by atoms with Gasteiger partial charge in [0, 0.05) is 23.2 Å². The molecule has 1 saturated heterocycles. The Balaban J connectivity index is 1.51. The Morgan fingerprint density at radius 1 is 1.22 bits per heavy atom. The standard InChI is InChI=1S/C26H23ClF2N4O3/c1-15-8-23(33-12-18(29)11-30-33)19-4-3-5-24(26(19)31-15)36-13-21-20(9-17(28)10-22(21)27)16(2)32-6-7-35-14-25(32)34/h3-5,8-12,16H,6-7,13-14H2,1-2H3/t16-/m0/s1. The van der Waals surface area contributed by atoms with Crippen molar-refractivity contribution >= 4 is 28.4 Å². The maximum absolute atomic E-state index is 14.4. The topological polar surface area (TPSA) is 69.5 Å². The van der Waals surface area contributed by atoms with Crippen LogP contribution in [0.25, 0.3) is 16.6 Å². The average molecular weight is 513 g/mol. The van der Waals surface area contributed by atoms with Crippen LogP contribution in [0.4, 0.5) is 8.78 Å². The van der Waals surface area contributed by atoms with Crippen molar-refractivity contribution in [2.75, 3.05) is 19.8 Å². The molecule has 10 heteroatoms. The van der Waals surface area contributed by atoms with Gasteiger partial charge in [0.2, 0.25) is 5.91 Å². The van der Waals surface area contributed by atoms with Gasteiger partial charge < -0.3 is 14.4 Å². The van der Waals surface area contributed by atoms with E-state index in [-0.39, 0.29) is 24.1 Å². The smallest absolute Gasteiger partial charge is 0.249 e. The van der Waals surface area contributed by atoms with Gasteiger partial charge in [-0.25, -0.2) is 18.4 Å². The summed E-state index contributed by atoms with van der Waals surface area (Å²) >= 11 is 6.46. The number of rotatable bonds is 6. The number of carbonyl (C=O) groups excluding carboxylic acids is 1. The summed E-state index contributed by atoms with van der Waals surface area (Å²) in [5.41, 5.74) is 3.06. The van der Waals surface area contributed by atoms with E-state index >= 15 is 0 Å². The van der Waals surface area contributed by atoms with Crippen LogP contribution in [0.2, 0.25) is 5.02 Å². The van der Waals surface area contributed by atoms with E-state index in [0.717, 1.165) is 11.6 Å². The van der Waals surface area contributed by atoms with E-state index < -0.39 is 17.7 Å². The molecule has 2 aromatic carbocycles. The summed E-state index contributed by atoms with van der Waals surface area (Å²) in [5.74, 6) is -0.634. The number of nitrogens with zero attached hydrogens (tertiary/aromatic N) is 4. The molecule has 3 heterocycles. The third-order valence-electron chi connectivity index (χ3n) is 6.21. The molecule has 0 saturated carbocycles. The van der Waals surface area contributed by atoms with Crippen LogP contribution in [-0.4, -0.2) is 45.3 Å². The van der Waals surface area contributed by atoms with E-state index in [1.807, 2.05) is 26.0 Å². The van der Waals surface area contributed by atoms with Crippen LogP contribution in [0.1, 0.15) is 29.8 Å². The van der Waals surface area contributed by atoms with Gasteiger partial charge in [-0.3, -0.25) is 4.79 Å². The highest BCUT2D eigenvalue weighted by Crippen LogP contribution is 2.34. The Morgan fingerprint density at radius 2 is 2.06 bits per heavy atom. The van der Waals surface area contributed by atoms with Crippen molar-refractivity contribution in [1.82, 2.24) is 19.7 Å². The molecule has 186 valence electrons. The molecule has 1 aliphatic heterocycles. The minimum atomic E-state index is -0.496. The predicted molar refractivity (Wildman–Crippen MR) is 130 cm³/mol. The molecule has 7 nitrogen and oxygen atoms in total. The zero-order valence-corrected chi connectivity index (χ0v) is 20.4. The van der Waals surface area contributed by atoms with E-state index in [4.69, 9.17) is 21.1 Å². The van der Waals surface area contributed by atoms with E-state index in [0.29, 0.717) is 46.9 Å². The number of fused-ring (bicyclic) bond motifs is 1. The molecular formula is C26H23ClF2N4O3. The van der Waals surface area contributed by atoms with Crippen molar-refractivity contribution < 1.29 is 23.0 Å². The summed E-state index contributed by atoms with van der Waals surface area (Å²) in [6, 6.07) is 9.43. The lowest BCUT2D eigenvalue weighted by Crippen LogP contribution is -2.43. The van der Waals surface area contributed by atoms with E-state index in [1.54, 1.807) is 17.0 Å². The zero-order valence-electron chi connectivity index (χ0n) is 19.7. The van der Waals surface area contributed by atoms with E-state index in [9.17, 15) is 13.6 Å². The summed E-state index contributed by atoms with van der Waals surface area (Å²) in [6.07, 6.45) is 2.43. The number of para-hydroxylation sites is 1. The Hall–Kier alpha value is -3.56. The van der Waals surface area contributed by atoms with Gasteiger partial charge in [0.15, 0.2) is 5.82 Å². The molecule has 4 aromatic rings. The van der Waals surface area contributed by atoms with Crippen molar-refractivity contribution in [2.24, 2.45) is 0 Å². The number of aryl methyl sites for hydroxylation is 1. The van der Waals surface area contributed by atoms with Crippen LogP contribution in [0, 0.1) is 18.6 Å². The Labute approximate surface area is 211 Å². The largest absolute Gasteiger partial charge is 0.487 e. The molecule has 5 rings (SSSR count). The van der Waals surface area contributed by atoms with Gasteiger partial charge in [-0.15, -0.1) is 0 Å². The van der Waals surface area contributed by atoms with Crippen LogP contribution in [0.3, 0.4) is 0 Å². The van der Waals surface area contributed by atoms with Crippen LogP contribution in [0.15, 0.2) is 48.8 Å². The summed E-state index contributed by atoms with van der Waals surface area (Å²) in [6.45, 7) is 4.48. The predicted octanol–water partition coefficient (Wildman–Crippen LogP) is 5.16. The first-order valence-electron chi connectivity index (χ1n) is 11.4. The molecule has 1 fully saturated rings. The average Bonchev–Trinajstić information content (AvgIpc) is 3.28. The normalized spacial score (nSPS) is 14.9. The van der Waals surface area contributed by atoms with Crippen molar-refractivity contribution in [1.29, 1.82) is 0 Å². The number of pyridine rings is 1. The van der Waals surface area contributed by atoms with E-state index in [2.05, 4.69) is 10.1 Å². The first-order valence-corrected chi connectivity index (χ1v) is 11.8. The zero-order chi connectivity index (χ0) is 25.4. The van der Waals surface area contributed by atoms with Gasteiger partial charge in [0.05, 0.1) is 35.8 Å². The molecule has 0 N–H and O–H groups in total. The molecular weight excluding hydrogens is 490 g/mol. The fourth-order valence-corrected chi connectivity index (χ4v) is 4.74. The number of halogens is 3. The number of hydrogen-bond acceptors (Lipinski definition) is 5. The number of amides is 1. The molecule has 2 aromatic heterocycles. The molecule has 0 aliphatic carbocycles. The number of aromatic nitrogens is 3. The maximum atomic E-state index is 14.4. The molecule has 1 atom stereocenters. The van der Waals surface area contributed by atoms with Crippen LogP contribution in [-0.2, 0) is 16.1 Å². The highest BCUT2D eigenvalue weighted by atomic mass is 35.5. The SMILES string of the molecule is Cc1cc(-n2cc(F)cn2)c2cccc(OCc3c(Cl)cc(F)cc3[C@H](C)N3CCOCC3=O)c2n1. The Bertz CT molecular complexity index is 1460. The Kier molecular flexibility index (Phi) is 6.59. The van der Waals surface area contributed by atoms with Gasteiger partial charge in [-0.05, 0) is 43.7 Å². The molecule has 1 amide bonds. The van der Waals surface area contributed by atoms with Crippen LogP contribution in [0.5, 0.6) is 5.75 Å². The van der Waals surface area contributed by atoms with Gasteiger partial charge in [-0.1, -0.05) is 23.7 Å². The highest BCUT2D eigenvalue weighted by molar-refractivity contribution is 6.31. The fraction of sp³-hybridized carbons (Fsp3) is 0.269. The summed E-state index contributed by atoms with van der Waals surface area (Å²) < 4.78 is 40.8. The first kappa shape index (κ1) is 24.1. The second kappa shape index (κ2) is 9.83.